The van der Waals surface area contributed by atoms with Crippen LogP contribution in [0.4, 0.5) is 0 Å². The maximum atomic E-state index is 5.89. The van der Waals surface area contributed by atoms with Gasteiger partial charge in [-0.1, -0.05) is 24.3 Å². The van der Waals surface area contributed by atoms with E-state index in [1.807, 2.05) is 0 Å². The van der Waals surface area contributed by atoms with Crippen molar-refractivity contribution < 1.29 is 9.47 Å². The number of alkyl halides is 1. The summed E-state index contributed by atoms with van der Waals surface area (Å²) in [5.41, 5.74) is 2.68. The summed E-state index contributed by atoms with van der Waals surface area (Å²) in [4.78, 5) is 0. The van der Waals surface area contributed by atoms with Crippen LogP contribution in [0, 0.1) is 0 Å². The first-order valence-electron chi connectivity index (χ1n) is 5.26. The van der Waals surface area contributed by atoms with E-state index in [0.29, 0.717) is 12.5 Å². The highest BCUT2D eigenvalue weighted by Crippen LogP contribution is 2.38. The van der Waals surface area contributed by atoms with Crippen LogP contribution < -0.4 is 0 Å². The molecule has 0 radical (unpaired) electrons. The van der Waals surface area contributed by atoms with Gasteiger partial charge in [0.15, 0.2) is 5.79 Å². The number of ether oxygens (including phenoxy) is 2. The highest BCUT2D eigenvalue weighted by Gasteiger charge is 2.45. The Hall–Kier alpha value is -0.570. The van der Waals surface area contributed by atoms with Crippen molar-refractivity contribution in [2.45, 2.75) is 24.7 Å². The minimum absolute atomic E-state index is 0.0565. The highest BCUT2D eigenvalue weighted by molar-refractivity contribution is 6.18. The fraction of sp³-hybridized carbons (Fsp3) is 0.500. The molecule has 1 atom stereocenters. The van der Waals surface area contributed by atoms with Crippen molar-refractivity contribution in [3.63, 3.8) is 0 Å². The molecular formula is C12H13ClO2. The molecule has 3 rings (SSSR count). The number of halogens is 1. The average Bonchev–Trinajstić information content (AvgIpc) is 2.81. The van der Waals surface area contributed by atoms with Crippen LogP contribution in [0.15, 0.2) is 24.3 Å². The third-order valence-electron chi connectivity index (χ3n) is 3.12. The number of fused-ring (bicyclic) bond motifs is 1. The fourth-order valence-electron chi connectivity index (χ4n) is 2.42. The van der Waals surface area contributed by atoms with Gasteiger partial charge in [-0.3, -0.25) is 0 Å². The number of benzene rings is 1. The summed E-state index contributed by atoms with van der Waals surface area (Å²) in [5, 5.41) is 0. The summed E-state index contributed by atoms with van der Waals surface area (Å²) in [5.74, 6) is 0.0986. The van der Waals surface area contributed by atoms with Crippen LogP contribution in [0.3, 0.4) is 0 Å². The van der Waals surface area contributed by atoms with Crippen molar-refractivity contribution in [3.05, 3.63) is 35.4 Å². The molecule has 0 N–H and O–H groups in total. The molecule has 1 aliphatic heterocycles. The normalized spacial score (nSPS) is 27.1. The lowest BCUT2D eigenvalue weighted by Gasteiger charge is -2.21. The molecule has 0 aromatic heterocycles. The van der Waals surface area contributed by atoms with Gasteiger partial charge in [-0.15, -0.1) is 11.6 Å². The SMILES string of the molecule is ClCC1COC2(Cc3ccccc3C2)O1. The smallest absolute Gasteiger partial charge is 0.176 e. The third kappa shape index (κ3) is 1.57. The van der Waals surface area contributed by atoms with Gasteiger partial charge in [0.1, 0.15) is 0 Å². The molecule has 0 amide bonds. The molecular weight excluding hydrogens is 212 g/mol. The molecule has 1 aliphatic carbocycles. The molecule has 80 valence electrons. The van der Waals surface area contributed by atoms with E-state index in [1.54, 1.807) is 0 Å². The number of rotatable bonds is 1. The van der Waals surface area contributed by atoms with Crippen LogP contribution in [0.2, 0.25) is 0 Å². The summed E-state index contributed by atoms with van der Waals surface area (Å²) < 4.78 is 11.7. The van der Waals surface area contributed by atoms with Crippen LogP contribution in [-0.2, 0) is 22.3 Å². The van der Waals surface area contributed by atoms with Crippen LogP contribution in [0.25, 0.3) is 0 Å². The lowest BCUT2D eigenvalue weighted by atomic mass is 10.1. The van der Waals surface area contributed by atoms with Crippen LogP contribution >= 0.6 is 11.6 Å². The van der Waals surface area contributed by atoms with E-state index in [2.05, 4.69) is 24.3 Å². The largest absolute Gasteiger partial charge is 0.346 e. The van der Waals surface area contributed by atoms with E-state index < -0.39 is 5.79 Å². The summed E-state index contributed by atoms with van der Waals surface area (Å²) in [6, 6.07) is 8.41. The van der Waals surface area contributed by atoms with Crippen LogP contribution in [0.5, 0.6) is 0 Å². The average molecular weight is 225 g/mol. The Bertz CT molecular complexity index is 353. The fourth-order valence-corrected chi connectivity index (χ4v) is 2.58. The predicted octanol–water partition coefficient (Wildman–Crippen LogP) is 2.14. The summed E-state index contributed by atoms with van der Waals surface area (Å²) in [6.45, 7) is 0.623. The molecule has 1 aromatic rings. The van der Waals surface area contributed by atoms with E-state index in [4.69, 9.17) is 21.1 Å². The van der Waals surface area contributed by atoms with Crippen molar-refractivity contribution >= 4 is 11.6 Å². The molecule has 2 aliphatic rings. The Morgan fingerprint density at radius 2 is 1.93 bits per heavy atom. The molecule has 1 saturated heterocycles. The third-order valence-corrected chi connectivity index (χ3v) is 3.47. The van der Waals surface area contributed by atoms with Gasteiger partial charge in [0, 0.05) is 12.8 Å². The maximum Gasteiger partial charge on any atom is 0.176 e. The van der Waals surface area contributed by atoms with Gasteiger partial charge in [0.25, 0.3) is 0 Å². The Morgan fingerprint density at radius 1 is 1.27 bits per heavy atom. The zero-order valence-electron chi connectivity index (χ0n) is 8.41. The first-order chi connectivity index (χ1) is 7.31. The first-order valence-corrected chi connectivity index (χ1v) is 5.79. The molecule has 3 heteroatoms. The first kappa shape index (κ1) is 9.64. The van der Waals surface area contributed by atoms with E-state index in [9.17, 15) is 0 Å². The van der Waals surface area contributed by atoms with Gasteiger partial charge in [0.05, 0.1) is 18.6 Å². The van der Waals surface area contributed by atoms with Gasteiger partial charge in [-0.05, 0) is 11.1 Å². The zero-order valence-corrected chi connectivity index (χ0v) is 9.17. The van der Waals surface area contributed by atoms with Gasteiger partial charge < -0.3 is 9.47 Å². The minimum atomic E-state index is -0.413. The van der Waals surface area contributed by atoms with Crippen LogP contribution in [-0.4, -0.2) is 24.4 Å². The Kier molecular flexibility index (Phi) is 2.23. The maximum absolute atomic E-state index is 5.89. The molecule has 1 heterocycles. The molecule has 0 bridgehead atoms. The lowest BCUT2D eigenvalue weighted by Crippen LogP contribution is -2.31. The van der Waals surface area contributed by atoms with Crippen molar-refractivity contribution in [1.29, 1.82) is 0 Å². The molecule has 1 spiro atoms. The van der Waals surface area contributed by atoms with Crippen LogP contribution in [0.1, 0.15) is 11.1 Å². The molecule has 1 unspecified atom stereocenters. The summed E-state index contributed by atoms with van der Waals surface area (Å²) >= 11 is 5.78. The lowest BCUT2D eigenvalue weighted by molar-refractivity contribution is -0.157. The van der Waals surface area contributed by atoms with E-state index in [1.165, 1.54) is 11.1 Å². The van der Waals surface area contributed by atoms with Gasteiger partial charge >= 0.3 is 0 Å². The monoisotopic (exact) mass is 224 g/mol. The molecule has 1 fully saturated rings. The van der Waals surface area contributed by atoms with Crippen molar-refractivity contribution in [2.75, 3.05) is 12.5 Å². The molecule has 15 heavy (non-hydrogen) atoms. The summed E-state index contributed by atoms with van der Waals surface area (Å²) in [7, 11) is 0. The Labute approximate surface area is 94.1 Å². The van der Waals surface area contributed by atoms with E-state index >= 15 is 0 Å². The van der Waals surface area contributed by atoms with E-state index in [0.717, 1.165) is 12.8 Å². The van der Waals surface area contributed by atoms with Gasteiger partial charge in [0.2, 0.25) is 0 Å². The highest BCUT2D eigenvalue weighted by atomic mass is 35.5. The predicted molar refractivity (Wildman–Crippen MR) is 58.1 cm³/mol. The standard InChI is InChI=1S/C12H13ClO2/c13-7-11-8-14-12(15-11)5-9-3-1-2-4-10(9)6-12/h1-4,11H,5-8H2. The second-order valence-corrected chi connectivity index (χ2v) is 4.55. The van der Waals surface area contributed by atoms with Gasteiger partial charge in [-0.25, -0.2) is 0 Å². The Morgan fingerprint density at radius 3 is 2.47 bits per heavy atom. The number of hydrogen-bond donors (Lipinski definition) is 0. The minimum Gasteiger partial charge on any atom is -0.346 e. The Balaban J connectivity index is 1.84. The molecule has 1 aromatic carbocycles. The van der Waals surface area contributed by atoms with Gasteiger partial charge in [-0.2, -0.15) is 0 Å². The quantitative estimate of drug-likeness (QED) is 0.681. The van der Waals surface area contributed by atoms with E-state index in [-0.39, 0.29) is 6.10 Å². The second kappa shape index (κ2) is 3.48. The van der Waals surface area contributed by atoms with Crippen molar-refractivity contribution in [1.82, 2.24) is 0 Å². The summed E-state index contributed by atoms with van der Waals surface area (Å²) in [6.07, 6.45) is 1.77. The molecule has 0 saturated carbocycles. The number of hydrogen-bond acceptors (Lipinski definition) is 2. The topological polar surface area (TPSA) is 18.5 Å². The zero-order chi connectivity index (χ0) is 10.3. The second-order valence-electron chi connectivity index (χ2n) is 4.24. The van der Waals surface area contributed by atoms with Crippen molar-refractivity contribution in [3.8, 4) is 0 Å². The van der Waals surface area contributed by atoms with Crippen molar-refractivity contribution in [2.24, 2.45) is 0 Å². The molecule has 2 nitrogen and oxygen atoms in total.